The molecule has 0 saturated carbocycles. The maximum Gasteiger partial charge on any atom is 0.343 e. The minimum atomic E-state index is -0.765. The Morgan fingerprint density at radius 1 is 0.707 bits per heavy atom. The van der Waals surface area contributed by atoms with Gasteiger partial charge in [0.25, 0.3) is 23.6 Å². The number of benzene rings is 4. The van der Waals surface area contributed by atoms with Gasteiger partial charge in [0.1, 0.15) is 5.75 Å². The Labute approximate surface area is 261 Å². The molecule has 2 aliphatic rings. The van der Waals surface area contributed by atoms with Crippen LogP contribution in [-0.4, -0.2) is 41.5 Å². The zero-order valence-corrected chi connectivity index (χ0v) is 25.3. The van der Waals surface area contributed by atoms with Gasteiger partial charge in [-0.1, -0.05) is 12.6 Å². The normalized spacial score (nSPS) is 13.2. The molecule has 0 saturated heterocycles. The molecule has 8 nitrogen and oxygen atoms in total. The first kappa shape index (κ1) is 29.7. The zero-order valence-electron chi connectivity index (χ0n) is 22.4. The van der Waals surface area contributed by atoms with Crippen LogP contribution in [-0.2, 0) is 32.7 Å². The fourth-order valence-corrected chi connectivity index (χ4v) is 4.46. The Morgan fingerprint density at radius 3 is 1.90 bits per heavy atom. The summed E-state index contributed by atoms with van der Waals surface area (Å²) < 4.78 is 5.47. The van der Waals surface area contributed by atoms with Gasteiger partial charge in [-0.25, -0.2) is 4.79 Å². The van der Waals surface area contributed by atoms with E-state index < -0.39 is 29.6 Å². The maximum atomic E-state index is 12.9. The minimum Gasteiger partial charge on any atom is -0.423 e. The maximum absolute atomic E-state index is 12.9. The van der Waals surface area contributed by atoms with Crippen molar-refractivity contribution in [2.75, 3.05) is 11.9 Å². The summed E-state index contributed by atoms with van der Waals surface area (Å²) >= 11 is 0. The van der Waals surface area contributed by atoms with Crippen LogP contribution in [0.3, 0.4) is 0 Å². The number of rotatable bonds is 3. The molecule has 4 aromatic rings. The molecule has 201 valence electrons. The van der Waals surface area contributed by atoms with Crippen LogP contribution in [0.5, 0.6) is 5.75 Å². The van der Waals surface area contributed by atoms with Crippen LogP contribution in [0.4, 0.5) is 5.69 Å². The Hall–Kier alpha value is -4.27. The van der Waals surface area contributed by atoms with Crippen molar-refractivity contribution in [1.29, 1.82) is 0 Å². The van der Waals surface area contributed by atoms with E-state index in [1.165, 1.54) is 42.9 Å². The van der Waals surface area contributed by atoms with Crippen molar-refractivity contribution in [2.24, 2.45) is 0 Å². The van der Waals surface area contributed by atoms with Gasteiger partial charge in [-0.3, -0.25) is 29.0 Å². The predicted molar refractivity (Wildman–Crippen MR) is 145 cm³/mol. The van der Waals surface area contributed by atoms with Gasteiger partial charge in [-0.05, 0) is 37.3 Å². The van der Waals surface area contributed by atoms with Gasteiger partial charge in [-0.2, -0.15) is 54.1 Å². The zero-order chi connectivity index (χ0) is 28.6. The van der Waals surface area contributed by atoms with Crippen LogP contribution in [0.2, 0.25) is 0 Å². The molecular formula is C32H22N2O6Y-2. The summed E-state index contributed by atoms with van der Waals surface area (Å²) in [6.45, 7) is 3.65. The quantitative estimate of drug-likeness (QED) is 0.141. The van der Waals surface area contributed by atoms with Crippen molar-refractivity contribution >= 4 is 35.3 Å². The summed E-state index contributed by atoms with van der Waals surface area (Å²) in [7, 11) is 1.38. The number of ether oxygens (including phenoxy) is 1. The van der Waals surface area contributed by atoms with Crippen molar-refractivity contribution in [3.05, 3.63) is 130 Å². The van der Waals surface area contributed by atoms with Gasteiger partial charge < -0.3 is 4.74 Å². The van der Waals surface area contributed by atoms with Crippen LogP contribution in [0.1, 0.15) is 62.9 Å². The molecule has 4 amide bonds. The molecule has 2 heterocycles. The molecule has 1 radical (unpaired) electrons. The van der Waals surface area contributed by atoms with E-state index in [1.54, 1.807) is 31.2 Å². The summed E-state index contributed by atoms with van der Waals surface area (Å²) in [4.78, 5) is 65.0. The van der Waals surface area contributed by atoms with Gasteiger partial charge in [0, 0.05) is 45.3 Å². The fraction of sp³-hybridized carbons (Fsp3) is 0.0938. The number of hydrogen-bond acceptors (Lipinski definition) is 6. The van der Waals surface area contributed by atoms with Gasteiger partial charge in [0.15, 0.2) is 0 Å². The number of nitrogens with zero attached hydrogens (tertiary/aromatic N) is 2. The van der Waals surface area contributed by atoms with Crippen molar-refractivity contribution in [3.63, 3.8) is 0 Å². The second-order valence-corrected chi connectivity index (χ2v) is 9.21. The molecule has 0 spiro atoms. The number of esters is 1. The van der Waals surface area contributed by atoms with Crippen LogP contribution in [0.25, 0.3) is 0 Å². The van der Waals surface area contributed by atoms with Crippen LogP contribution in [0, 0.1) is 26.0 Å². The first-order chi connectivity index (χ1) is 19.2. The summed E-state index contributed by atoms with van der Waals surface area (Å²) in [6, 6.07) is 27.0. The van der Waals surface area contributed by atoms with E-state index in [0.29, 0.717) is 11.3 Å². The second-order valence-electron chi connectivity index (χ2n) is 9.21. The number of carbonyl (C=O) groups is 5. The van der Waals surface area contributed by atoms with Gasteiger partial charge in [0.05, 0.1) is 27.8 Å². The van der Waals surface area contributed by atoms with E-state index in [0.717, 1.165) is 9.80 Å². The molecule has 2 aliphatic heterocycles. The third-order valence-electron chi connectivity index (χ3n) is 6.64. The average Bonchev–Trinajstić information content (AvgIpc) is 3.35. The molecule has 0 aliphatic carbocycles. The van der Waals surface area contributed by atoms with E-state index in [-0.39, 0.29) is 66.3 Å². The number of imide groups is 2. The largest absolute Gasteiger partial charge is 0.423 e. The molecule has 41 heavy (non-hydrogen) atoms. The molecule has 9 heteroatoms. The van der Waals surface area contributed by atoms with Crippen LogP contribution in [0.15, 0.2) is 78.9 Å². The van der Waals surface area contributed by atoms with E-state index in [1.807, 2.05) is 24.3 Å². The third kappa shape index (κ3) is 5.53. The molecule has 0 atom stereocenters. The first-order valence-electron chi connectivity index (χ1n) is 12.3. The molecule has 0 fully saturated rings. The van der Waals surface area contributed by atoms with E-state index in [9.17, 15) is 24.0 Å². The molecule has 4 aromatic carbocycles. The van der Waals surface area contributed by atoms with Gasteiger partial charge in [-0.15, -0.1) is 12.1 Å². The van der Waals surface area contributed by atoms with E-state index >= 15 is 0 Å². The molecule has 0 aromatic heterocycles. The standard InChI is InChI=1S/C25H15N2O6.C7H7.Y/c1-13-19(11-10-17-20(13)24(31)26(2)21(17)28)33-25(32)14-8-9-16-18(12-14)23(30)27(22(16)29)15-6-4-3-5-7-15;1-7-5-3-2-4-6-7;/h4-12H,1-2H3;3-6H,1H3;/q2*-1;. The molecule has 0 N–H and O–H groups in total. The smallest absolute Gasteiger partial charge is 0.343 e. The SMILES string of the molecule is Cc1c(OC(=O)c2ccc3c(c2)C(=O)N(c2cc[c-]cc2)C3=O)ccc2c1C(=O)N(C)C2=O.Cc1cc[c-]cc1.[Y]. The summed E-state index contributed by atoms with van der Waals surface area (Å²) in [6.07, 6.45) is 0. The van der Waals surface area contributed by atoms with Crippen molar-refractivity contribution in [1.82, 2.24) is 4.90 Å². The van der Waals surface area contributed by atoms with E-state index in [2.05, 4.69) is 19.1 Å². The first-order valence-corrected chi connectivity index (χ1v) is 12.3. The van der Waals surface area contributed by atoms with Gasteiger partial charge in [0.2, 0.25) is 0 Å². The number of carbonyl (C=O) groups excluding carboxylic acids is 5. The number of amides is 4. The number of hydrogen-bond donors (Lipinski definition) is 0. The minimum absolute atomic E-state index is 0. The number of fused-ring (bicyclic) bond motifs is 2. The van der Waals surface area contributed by atoms with E-state index in [4.69, 9.17) is 4.74 Å². The summed E-state index contributed by atoms with van der Waals surface area (Å²) in [5, 5.41) is 0. The number of aryl methyl sites for hydroxylation is 1. The average molecular weight is 619 g/mol. The Morgan fingerprint density at radius 2 is 1.29 bits per heavy atom. The molecular weight excluding hydrogens is 597 g/mol. The monoisotopic (exact) mass is 619 g/mol. The second kappa shape index (κ2) is 12.1. The molecule has 0 unspecified atom stereocenters. The Kier molecular flexibility index (Phi) is 8.76. The van der Waals surface area contributed by atoms with Crippen LogP contribution < -0.4 is 9.64 Å². The Bertz CT molecular complexity index is 1700. The van der Waals surface area contributed by atoms with Crippen molar-refractivity contribution < 1.29 is 61.4 Å². The molecule has 0 bridgehead atoms. The topological polar surface area (TPSA) is 101 Å². The summed E-state index contributed by atoms with van der Waals surface area (Å²) in [5.74, 6) is -2.55. The predicted octanol–water partition coefficient (Wildman–Crippen LogP) is 4.83. The summed E-state index contributed by atoms with van der Waals surface area (Å²) in [5.41, 5.74) is 2.85. The number of anilines is 1. The van der Waals surface area contributed by atoms with Crippen molar-refractivity contribution in [3.8, 4) is 5.75 Å². The fourth-order valence-electron chi connectivity index (χ4n) is 4.46. The van der Waals surface area contributed by atoms with Crippen LogP contribution >= 0.6 is 0 Å². The van der Waals surface area contributed by atoms with Gasteiger partial charge >= 0.3 is 5.97 Å². The van der Waals surface area contributed by atoms with Crippen molar-refractivity contribution in [2.45, 2.75) is 13.8 Å². The molecule has 6 rings (SSSR count). The Balaban J connectivity index is 0.000000425. The third-order valence-corrected chi connectivity index (χ3v) is 6.64.